The van der Waals surface area contributed by atoms with Crippen LogP contribution in [0.1, 0.15) is 20.8 Å². The zero-order chi connectivity index (χ0) is 15.4. The van der Waals surface area contributed by atoms with Gasteiger partial charge in [-0.2, -0.15) is 0 Å². The van der Waals surface area contributed by atoms with Gasteiger partial charge in [-0.1, -0.05) is 13.8 Å². The van der Waals surface area contributed by atoms with Crippen LogP contribution in [0, 0.1) is 5.92 Å². The molecule has 1 aromatic heterocycles. The van der Waals surface area contributed by atoms with Gasteiger partial charge < -0.3 is 9.88 Å². The molecule has 7 nitrogen and oxygen atoms in total. The van der Waals surface area contributed by atoms with Gasteiger partial charge in [0.25, 0.3) is 0 Å². The minimum atomic E-state index is -0.769. The second-order valence-corrected chi connectivity index (χ2v) is 5.05. The van der Waals surface area contributed by atoms with E-state index in [0.717, 1.165) is 9.13 Å². The molecule has 0 aromatic carbocycles. The Hall–Kier alpha value is -2.18. The standard InChI is InChI=1S/C13H19N3O4/c1-8(2)11(9(3)17)14-10(18)7-16-6-5-15(4)12(19)13(16)20/h5-6,8,11H,7H2,1-4H3,(H,14,18). The third-order valence-corrected chi connectivity index (χ3v) is 2.97. The molecule has 0 aliphatic heterocycles. The van der Waals surface area contributed by atoms with Crippen molar-refractivity contribution >= 4 is 11.7 Å². The number of nitrogens with one attached hydrogen (secondary N) is 1. The SMILES string of the molecule is CC(=O)C(NC(=O)Cn1ccn(C)c(=O)c1=O)C(C)C. The van der Waals surface area contributed by atoms with Crippen molar-refractivity contribution in [1.29, 1.82) is 0 Å². The minimum absolute atomic E-state index is 0.0446. The molecular weight excluding hydrogens is 262 g/mol. The van der Waals surface area contributed by atoms with Crippen molar-refractivity contribution < 1.29 is 9.59 Å². The van der Waals surface area contributed by atoms with Gasteiger partial charge in [0.1, 0.15) is 6.54 Å². The molecule has 0 saturated heterocycles. The first-order valence-corrected chi connectivity index (χ1v) is 6.30. The van der Waals surface area contributed by atoms with Crippen LogP contribution in [0.4, 0.5) is 0 Å². The Morgan fingerprint density at radius 3 is 2.30 bits per heavy atom. The fourth-order valence-electron chi connectivity index (χ4n) is 1.83. The van der Waals surface area contributed by atoms with Gasteiger partial charge in [0.05, 0.1) is 6.04 Å². The maximum Gasteiger partial charge on any atom is 0.316 e. The Morgan fingerprint density at radius 2 is 1.80 bits per heavy atom. The maximum atomic E-state index is 11.8. The zero-order valence-corrected chi connectivity index (χ0v) is 12.0. The van der Waals surface area contributed by atoms with Crippen LogP contribution in [0.2, 0.25) is 0 Å². The van der Waals surface area contributed by atoms with Crippen molar-refractivity contribution in [2.45, 2.75) is 33.4 Å². The summed E-state index contributed by atoms with van der Waals surface area (Å²) in [6.45, 7) is 4.74. The van der Waals surface area contributed by atoms with E-state index in [1.165, 1.54) is 26.4 Å². The summed E-state index contributed by atoms with van der Waals surface area (Å²) in [6.07, 6.45) is 2.77. The summed E-state index contributed by atoms with van der Waals surface area (Å²) in [5, 5.41) is 2.57. The quantitative estimate of drug-likeness (QED) is 0.721. The van der Waals surface area contributed by atoms with Gasteiger partial charge >= 0.3 is 11.1 Å². The number of amides is 1. The Morgan fingerprint density at radius 1 is 1.20 bits per heavy atom. The van der Waals surface area contributed by atoms with Gasteiger partial charge in [-0.25, -0.2) is 0 Å². The largest absolute Gasteiger partial charge is 0.344 e. The lowest BCUT2D eigenvalue weighted by Gasteiger charge is -2.19. The fourth-order valence-corrected chi connectivity index (χ4v) is 1.83. The van der Waals surface area contributed by atoms with Gasteiger partial charge in [-0.15, -0.1) is 0 Å². The summed E-state index contributed by atoms with van der Waals surface area (Å²) in [5.74, 6) is -0.671. The smallest absolute Gasteiger partial charge is 0.316 e. The molecule has 0 radical (unpaired) electrons. The molecule has 0 fully saturated rings. The van der Waals surface area contributed by atoms with E-state index in [2.05, 4.69) is 5.32 Å². The Kier molecular flexibility index (Phi) is 5.01. The number of aromatic nitrogens is 2. The zero-order valence-electron chi connectivity index (χ0n) is 12.0. The van der Waals surface area contributed by atoms with Crippen LogP contribution in [0.15, 0.2) is 22.0 Å². The van der Waals surface area contributed by atoms with E-state index in [9.17, 15) is 19.2 Å². The van der Waals surface area contributed by atoms with Crippen LogP contribution < -0.4 is 16.4 Å². The van der Waals surface area contributed by atoms with Gasteiger partial charge in [0.2, 0.25) is 5.91 Å². The van der Waals surface area contributed by atoms with E-state index in [-0.39, 0.29) is 18.2 Å². The average Bonchev–Trinajstić information content (AvgIpc) is 2.36. The average molecular weight is 281 g/mol. The molecule has 0 bridgehead atoms. The lowest BCUT2D eigenvalue weighted by Crippen LogP contribution is -2.47. The summed E-state index contributed by atoms with van der Waals surface area (Å²) in [7, 11) is 1.46. The normalized spacial score (nSPS) is 12.2. The second kappa shape index (κ2) is 6.31. The van der Waals surface area contributed by atoms with Gasteiger partial charge in [0.15, 0.2) is 5.78 Å². The lowest BCUT2D eigenvalue weighted by atomic mass is 10.0. The van der Waals surface area contributed by atoms with Crippen molar-refractivity contribution in [3.8, 4) is 0 Å². The highest BCUT2D eigenvalue weighted by Gasteiger charge is 2.20. The summed E-state index contributed by atoms with van der Waals surface area (Å²) < 4.78 is 2.17. The topological polar surface area (TPSA) is 90.2 Å². The van der Waals surface area contributed by atoms with Gasteiger partial charge in [-0.3, -0.25) is 23.7 Å². The molecule has 1 N–H and O–H groups in total. The van der Waals surface area contributed by atoms with Crippen molar-refractivity contribution in [3.63, 3.8) is 0 Å². The molecular formula is C13H19N3O4. The molecule has 20 heavy (non-hydrogen) atoms. The van der Waals surface area contributed by atoms with Crippen molar-refractivity contribution in [2.75, 3.05) is 0 Å². The van der Waals surface area contributed by atoms with Crippen LogP contribution in [0.3, 0.4) is 0 Å². The predicted molar refractivity (Wildman–Crippen MR) is 73.4 cm³/mol. The van der Waals surface area contributed by atoms with Gasteiger partial charge in [-0.05, 0) is 12.8 Å². The van der Waals surface area contributed by atoms with E-state index in [1.807, 2.05) is 13.8 Å². The Balaban J connectivity index is 2.87. The first kappa shape index (κ1) is 15.9. The molecule has 0 aliphatic rings. The highest BCUT2D eigenvalue weighted by atomic mass is 16.2. The Bertz CT molecular complexity index is 627. The molecule has 110 valence electrons. The van der Waals surface area contributed by atoms with E-state index >= 15 is 0 Å². The first-order valence-electron chi connectivity index (χ1n) is 6.30. The number of carbonyl (C=O) groups is 2. The monoisotopic (exact) mass is 281 g/mol. The molecule has 1 heterocycles. The molecule has 7 heteroatoms. The number of aryl methyl sites for hydroxylation is 1. The molecule has 0 spiro atoms. The molecule has 1 atom stereocenters. The summed E-state index contributed by atoms with van der Waals surface area (Å²) in [5.41, 5.74) is -1.47. The van der Waals surface area contributed by atoms with Crippen LogP contribution in [0.5, 0.6) is 0 Å². The molecule has 1 rings (SSSR count). The van der Waals surface area contributed by atoms with Crippen molar-refractivity contribution in [3.05, 3.63) is 33.1 Å². The van der Waals surface area contributed by atoms with Gasteiger partial charge in [0, 0.05) is 19.4 Å². The summed E-state index contributed by atoms with van der Waals surface area (Å²) >= 11 is 0. The first-order chi connectivity index (χ1) is 9.23. The third-order valence-electron chi connectivity index (χ3n) is 2.97. The van der Waals surface area contributed by atoms with Crippen LogP contribution in [-0.4, -0.2) is 26.9 Å². The van der Waals surface area contributed by atoms with E-state index < -0.39 is 23.1 Å². The summed E-state index contributed by atoms with van der Waals surface area (Å²) in [6, 6.07) is -0.593. The fraction of sp³-hybridized carbons (Fsp3) is 0.538. The number of nitrogens with zero attached hydrogens (tertiary/aromatic N) is 2. The van der Waals surface area contributed by atoms with E-state index in [1.54, 1.807) is 0 Å². The Labute approximate surface area is 116 Å². The van der Waals surface area contributed by atoms with Crippen molar-refractivity contribution in [1.82, 2.24) is 14.5 Å². The number of carbonyl (C=O) groups excluding carboxylic acids is 2. The molecule has 0 saturated carbocycles. The highest BCUT2D eigenvalue weighted by Crippen LogP contribution is 2.02. The predicted octanol–water partition coefficient (Wildman–Crippen LogP) is -0.723. The van der Waals surface area contributed by atoms with E-state index in [4.69, 9.17) is 0 Å². The number of hydrogen-bond donors (Lipinski definition) is 1. The van der Waals surface area contributed by atoms with Crippen LogP contribution in [0.25, 0.3) is 0 Å². The number of rotatable bonds is 5. The summed E-state index contributed by atoms with van der Waals surface area (Å²) in [4.78, 5) is 46.4. The highest BCUT2D eigenvalue weighted by molar-refractivity contribution is 5.87. The number of ketones is 1. The maximum absolute atomic E-state index is 11.8. The second-order valence-electron chi connectivity index (χ2n) is 5.05. The molecule has 1 aromatic rings. The number of Topliss-reactive ketones (excluding diaryl/α,β-unsaturated/α-hetero) is 1. The lowest BCUT2D eigenvalue weighted by molar-refractivity contribution is -0.128. The number of hydrogen-bond acceptors (Lipinski definition) is 4. The molecule has 1 unspecified atom stereocenters. The molecule has 1 amide bonds. The molecule has 0 aliphatic carbocycles. The van der Waals surface area contributed by atoms with Crippen molar-refractivity contribution in [2.24, 2.45) is 13.0 Å². The van der Waals surface area contributed by atoms with E-state index in [0.29, 0.717) is 0 Å². The minimum Gasteiger partial charge on any atom is -0.344 e. The van der Waals surface area contributed by atoms with Crippen LogP contribution in [-0.2, 0) is 23.2 Å². The van der Waals surface area contributed by atoms with Crippen LogP contribution >= 0.6 is 0 Å². The third kappa shape index (κ3) is 3.66.